The zero-order valence-corrected chi connectivity index (χ0v) is 11.3. The predicted octanol–water partition coefficient (Wildman–Crippen LogP) is 3.78. The molecule has 2 rings (SSSR count). The third kappa shape index (κ3) is 3.57. The number of alkyl halides is 3. The first-order chi connectivity index (χ1) is 10.7. The molecule has 120 valence electrons. The quantitative estimate of drug-likeness (QED) is 0.388. The van der Waals surface area contributed by atoms with Crippen LogP contribution in [0, 0.1) is 10.1 Å². The summed E-state index contributed by atoms with van der Waals surface area (Å²) in [7, 11) is 0. The van der Waals surface area contributed by atoms with Crippen molar-refractivity contribution in [1.82, 2.24) is 0 Å². The van der Waals surface area contributed by atoms with E-state index in [1.165, 1.54) is 18.2 Å². The molecule has 2 aromatic rings. The Hall–Kier alpha value is -3.10. The van der Waals surface area contributed by atoms with Crippen LogP contribution in [-0.2, 0) is 6.18 Å². The number of hydrogen-bond acceptors (Lipinski definition) is 5. The number of aromatic hydroxyl groups is 2. The number of benzene rings is 2. The third-order valence-corrected chi connectivity index (χ3v) is 2.89. The smallest absolute Gasteiger partial charge is 0.418 e. The molecule has 9 heteroatoms. The number of halogens is 3. The lowest BCUT2D eigenvalue weighted by molar-refractivity contribution is -0.385. The van der Waals surface area contributed by atoms with Gasteiger partial charge in [-0.2, -0.15) is 13.2 Å². The standard InChI is InChI=1S/C14H9F3N2O4/c15-14(16,17)10-6-9(19(22)23)4-5-11(10)18-7-8-2-1-3-12(20)13(8)21/h1-7,20-21H. The Morgan fingerprint density at radius 3 is 2.48 bits per heavy atom. The Labute approximate surface area is 127 Å². The van der Waals surface area contributed by atoms with Gasteiger partial charge in [0.1, 0.15) is 0 Å². The van der Waals surface area contributed by atoms with Crippen LogP contribution in [0.15, 0.2) is 41.4 Å². The highest BCUT2D eigenvalue weighted by atomic mass is 19.4. The summed E-state index contributed by atoms with van der Waals surface area (Å²) < 4.78 is 38.9. The predicted molar refractivity (Wildman–Crippen MR) is 75.1 cm³/mol. The Morgan fingerprint density at radius 1 is 1.17 bits per heavy atom. The van der Waals surface area contributed by atoms with Gasteiger partial charge in [-0.25, -0.2) is 0 Å². The monoisotopic (exact) mass is 326 g/mol. The van der Waals surface area contributed by atoms with E-state index in [-0.39, 0.29) is 5.56 Å². The number of aliphatic imine (C=N–C) groups is 1. The van der Waals surface area contributed by atoms with E-state index in [1.807, 2.05) is 0 Å². The van der Waals surface area contributed by atoms with Gasteiger partial charge in [0.2, 0.25) is 0 Å². The van der Waals surface area contributed by atoms with Crippen molar-refractivity contribution in [3.05, 3.63) is 57.6 Å². The number of phenols is 2. The van der Waals surface area contributed by atoms with Gasteiger partial charge in [0.25, 0.3) is 5.69 Å². The third-order valence-electron chi connectivity index (χ3n) is 2.89. The number of nitro groups is 1. The van der Waals surface area contributed by atoms with Crippen LogP contribution in [-0.4, -0.2) is 21.4 Å². The minimum atomic E-state index is -4.83. The summed E-state index contributed by atoms with van der Waals surface area (Å²) in [6.45, 7) is 0. The molecule has 2 N–H and O–H groups in total. The number of nitrogens with zero attached hydrogens (tertiary/aromatic N) is 2. The molecular weight excluding hydrogens is 317 g/mol. The van der Waals surface area contributed by atoms with Crippen LogP contribution in [0.5, 0.6) is 11.5 Å². The molecule has 23 heavy (non-hydrogen) atoms. The average Bonchev–Trinajstić information content (AvgIpc) is 2.47. The second-order valence-electron chi connectivity index (χ2n) is 4.43. The van der Waals surface area contributed by atoms with Crippen LogP contribution in [0.4, 0.5) is 24.5 Å². The normalized spacial score (nSPS) is 11.8. The van der Waals surface area contributed by atoms with Gasteiger partial charge in [0.05, 0.1) is 16.2 Å². The highest BCUT2D eigenvalue weighted by Crippen LogP contribution is 2.38. The SMILES string of the molecule is O=[N+]([O-])c1ccc(N=Cc2cccc(O)c2O)c(C(F)(F)F)c1. The molecule has 0 radical (unpaired) electrons. The van der Waals surface area contributed by atoms with E-state index < -0.39 is 39.5 Å². The van der Waals surface area contributed by atoms with Crippen molar-refractivity contribution in [2.75, 3.05) is 0 Å². The fourth-order valence-electron chi connectivity index (χ4n) is 1.77. The van der Waals surface area contributed by atoms with Gasteiger partial charge in [-0.3, -0.25) is 15.1 Å². The maximum absolute atomic E-state index is 13.0. The molecule has 0 aliphatic heterocycles. The number of hydrogen-bond donors (Lipinski definition) is 2. The zero-order chi connectivity index (χ0) is 17.2. The van der Waals surface area contributed by atoms with Gasteiger partial charge < -0.3 is 10.2 Å². The van der Waals surface area contributed by atoms with Gasteiger partial charge in [-0.1, -0.05) is 6.07 Å². The Balaban J connectivity index is 2.49. The maximum Gasteiger partial charge on any atom is 0.418 e. The molecule has 0 aliphatic carbocycles. The van der Waals surface area contributed by atoms with Crippen LogP contribution in [0.2, 0.25) is 0 Å². The van der Waals surface area contributed by atoms with Crippen molar-refractivity contribution in [3.63, 3.8) is 0 Å². The van der Waals surface area contributed by atoms with Crippen molar-refractivity contribution in [2.45, 2.75) is 6.18 Å². The van der Waals surface area contributed by atoms with Gasteiger partial charge in [-0.15, -0.1) is 0 Å². The Morgan fingerprint density at radius 2 is 1.87 bits per heavy atom. The number of rotatable bonds is 3. The summed E-state index contributed by atoms with van der Waals surface area (Å²) in [6.07, 6.45) is -3.91. The second kappa shape index (κ2) is 5.95. The van der Waals surface area contributed by atoms with Gasteiger partial charge >= 0.3 is 6.18 Å². The summed E-state index contributed by atoms with van der Waals surface area (Å²) in [4.78, 5) is 13.3. The lowest BCUT2D eigenvalue weighted by atomic mass is 10.1. The summed E-state index contributed by atoms with van der Waals surface area (Å²) >= 11 is 0. The van der Waals surface area contributed by atoms with Gasteiger partial charge in [0, 0.05) is 23.9 Å². The molecular formula is C14H9F3N2O4. The molecule has 0 heterocycles. The van der Waals surface area contributed by atoms with Crippen molar-refractivity contribution in [1.29, 1.82) is 0 Å². The van der Waals surface area contributed by atoms with E-state index in [9.17, 15) is 33.5 Å². The first kappa shape index (κ1) is 16.3. The fourth-order valence-corrected chi connectivity index (χ4v) is 1.77. The van der Waals surface area contributed by atoms with Crippen LogP contribution in [0.1, 0.15) is 11.1 Å². The second-order valence-corrected chi connectivity index (χ2v) is 4.43. The van der Waals surface area contributed by atoms with Crippen molar-refractivity contribution >= 4 is 17.6 Å². The van der Waals surface area contributed by atoms with E-state index >= 15 is 0 Å². The fraction of sp³-hybridized carbons (Fsp3) is 0.0714. The molecule has 2 aromatic carbocycles. The largest absolute Gasteiger partial charge is 0.504 e. The van der Waals surface area contributed by atoms with Crippen LogP contribution >= 0.6 is 0 Å². The van der Waals surface area contributed by atoms with Gasteiger partial charge in [-0.05, 0) is 18.2 Å². The number of para-hydroxylation sites is 1. The molecule has 0 saturated carbocycles. The topological polar surface area (TPSA) is 96.0 Å². The first-order valence-corrected chi connectivity index (χ1v) is 6.11. The minimum Gasteiger partial charge on any atom is -0.504 e. The van der Waals surface area contributed by atoms with Crippen molar-refractivity contribution in [3.8, 4) is 11.5 Å². The van der Waals surface area contributed by atoms with Crippen LogP contribution in [0.25, 0.3) is 0 Å². The Bertz CT molecular complexity index is 788. The summed E-state index contributed by atoms with van der Waals surface area (Å²) in [5.74, 6) is -0.986. The summed E-state index contributed by atoms with van der Waals surface area (Å²) in [6, 6.07) is 6.03. The molecule has 0 saturated heterocycles. The molecule has 0 spiro atoms. The minimum absolute atomic E-state index is 0.00326. The molecule has 0 fully saturated rings. The highest BCUT2D eigenvalue weighted by molar-refractivity contribution is 5.86. The molecule has 0 atom stereocenters. The molecule has 0 aromatic heterocycles. The van der Waals surface area contributed by atoms with Crippen LogP contribution in [0.3, 0.4) is 0 Å². The van der Waals surface area contributed by atoms with E-state index in [1.54, 1.807) is 0 Å². The molecule has 0 amide bonds. The average molecular weight is 326 g/mol. The Kier molecular flexibility index (Phi) is 4.21. The first-order valence-electron chi connectivity index (χ1n) is 6.11. The van der Waals surface area contributed by atoms with Crippen molar-refractivity contribution in [2.24, 2.45) is 4.99 Å². The maximum atomic E-state index is 13.0. The number of non-ortho nitro benzene ring substituents is 1. The van der Waals surface area contributed by atoms with E-state index in [0.29, 0.717) is 6.07 Å². The number of phenolic OH excluding ortho intramolecular Hbond substituents is 2. The van der Waals surface area contributed by atoms with Gasteiger partial charge in [0.15, 0.2) is 11.5 Å². The van der Waals surface area contributed by atoms with E-state index in [4.69, 9.17) is 0 Å². The lowest BCUT2D eigenvalue weighted by Crippen LogP contribution is -2.06. The zero-order valence-electron chi connectivity index (χ0n) is 11.3. The summed E-state index contributed by atoms with van der Waals surface area (Å²) in [5.41, 5.74) is -2.54. The molecule has 0 bridgehead atoms. The molecule has 0 unspecified atom stereocenters. The number of nitro benzene ring substituents is 1. The highest BCUT2D eigenvalue weighted by Gasteiger charge is 2.35. The molecule has 0 aliphatic rings. The van der Waals surface area contributed by atoms with Crippen LogP contribution < -0.4 is 0 Å². The van der Waals surface area contributed by atoms with E-state index in [0.717, 1.165) is 18.3 Å². The van der Waals surface area contributed by atoms with Crippen molar-refractivity contribution < 1.29 is 28.3 Å². The summed E-state index contributed by atoms with van der Waals surface area (Å²) in [5, 5.41) is 29.5. The lowest BCUT2D eigenvalue weighted by Gasteiger charge is -2.09. The van der Waals surface area contributed by atoms with E-state index in [2.05, 4.69) is 4.99 Å². The molecule has 6 nitrogen and oxygen atoms in total.